The molecule has 2 N–H and O–H groups in total. The van der Waals surface area contributed by atoms with Gasteiger partial charge >= 0.3 is 0 Å². The Morgan fingerprint density at radius 1 is 1.21 bits per heavy atom. The third kappa shape index (κ3) is 4.98. The van der Waals surface area contributed by atoms with Gasteiger partial charge in [-0.3, -0.25) is 4.79 Å². The number of anilines is 1. The number of carbonyl (C=O) groups is 1. The Hall–Kier alpha value is -2.80. The minimum Gasteiger partial charge on any atom is -0.454 e. The molecule has 1 aromatic carbocycles. The van der Waals surface area contributed by atoms with Crippen molar-refractivity contribution in [3.8, 4) is 11.5 Å². The molecule has 1 unspecified atom stereocenters. The number of rotatable bonds is 7. The van der Waals surface area contributed by atoms with Gasteiger partial charge in [-0.2, -0.15) is 0 Å². The van der Waals surface area contributed by atoms with Crippen LogP contribution in [0.2, 0.25) is 0 Å². The van der Waals surface area contributed by atoms with E-state index < -0.39 is 0 Å². The second kappa shape index (κ2) is 9.13. The molecule has 0 bridgehead atoms. The Morgan fingerprint density at radius 2 is 2.10 bits per heavy atom. The molecule has 1 fully saturated rings. The predicted octanol–water partition coefficient (Wildman–Crippen LogP) is 3.03. The van der Waals surface area contributed by atoms with Gasteiger partial charge in [-0.1, -0.05) is 12.5 Å². The molecule has 0 radical (unpaired) electrons. The smallest absolute Gasteiger partial charge is 0.252 e. The first kappa shape index (κ1) is 19.5. The van der Waals surface area contributed by atoms with E-state index in [1.807, 2.05) is 24.3 Å². The summed E-state index contributed by atoms with van der Waals surface area (Å²) in [5.41, 5.74) is 1.65. The van der Waals surface area contributed by atoms with Gasteiger partial charge in [0.1, 0.15) is 5.82 Å². The van der Waals surface area contributed by atoms with Crippen LogP contribution in [0.5, 0.6) is 11.5 Å². The van der Waals surface area contributed by atoms with Crippen molar-refractivity contribution >= 4 is 11.7 Å². The van der Waals surface area contributed by atoms with Crippen molar-refractivity contribution in [1.29, 1.82) is 0 Å². The molecule has 7 heteroatoms. The summed E-state index contributed by atoms with van der Waals surface area (Å²) < 4.78 is 10.7. The monoisotopic (exact) mass is 396 g/mol. The van der Waals surface area contributed by atoms with Gasteiger partial charge in [0.25, 0.3) is 5.91 Å². The number of carbonyl (C=O) groups excluding carboxylic acids is 1. The molecular formula is C22H28N4O3. The van der Waals surface area contributed by atoms with Crippen molar-refractivity contribution in [3.63, 3.8) is 0 Å². The lowest BCUT2D eigenvalue weighted by molar-refractivity contribution is 0.0945. The number of aromatic nitrogens is 1. The van der Waals surface area contributed by atoms with E-state index in [-0.39, 0.29) is 12.7 Å². The van der Waals surface area contributed by atoms with Crippen LogP contribution in [0.15, 0.2) is 36.5 Å². The molecule has 0 spiro atoms. The summed E-state index contributed by atoms with van der Waals surface area (Å²) in [5.74, 6) is 2.20. The van der Waals surface area contributed by atoms with Crippen molar-refractivity contribution in [3.05, 3.63) is 47.7 Å². The molecule has 29 heavy (non-hydrogen) atoms. The second-order valence-corrected chi connectivity index (χ2v) is 7.65. The van der Waals surface area contributed by atoms with Crippen molar-refractivity contribution in [1.82, 2.24) is 15.2 Å². The van der Waals surface area contributed by atoms with Crippen molar-refractivity contribution in [2.45, 2.75) is 38.3 Å². The lowest BCUT2D eigenvalue weighted by Crippen LogP contribution is -2.39. The van der Waals surface area contributed by atoms with E-state index in [4.69, 9.17) is 9.47 Å². The summed E-state index contributed by atoms with van der Waals surface area (Å²) in [5, 5.41) is 6.28. The highest BCUT2D eigenvalue weighted by molar-refractivity contribution is 5.94. The maximum absolute atomic E-state index is 12.4. The Bertz CT molecular complexity index is 840. The first-order valence-electron chi connectivity index (χ1n) is 10.3. The zero-order valence-electron chi connectivity index (χ0n) is 16.8. The average molecular weight is 396 g/mol. The Morgan fingerprint density at radius 3 is 2.93 bits per heavy atom. The van der Waals surface area contributed by atoms with E-state index in [9.17, 15) is 4.79 Å². The highest BCUT2D eigenvalue weighted by Crippen LogP contribution is 2.32. The lowest BCUT2D eigenvalue weighted by Gasteiger charge is -2.32. The van der Waals surface area contributed by atoms with E-state index in [2.05, 4.69) is 27.6 Å². The molecule has 1 atom stereocenters. The molecule has 4 rings (SSSR count). The third-order valence-corrected chi connectivity index (χ3v) is 5.62. The van der Waals surface area contributed by atoms with Crippen LogP contribution in [0.4, 0.5) is 5.82 Å². The first-order valence-corrected chi connectivity index (χ1v) is 10.3. The summed E-state index contributed by atoms with van der Waals surface area (Å²) >= 11 is 0. The molecule has 0 saturated carbocycles. The molecule has 154 valence electrons. The quantitative estimate of drug-likeness (QED) is 0.749. The zero-order chi connectivity index (χ0) is 20.1. The summed E-state index contributed by atoms with van der Waals surface area (Å²) in [6.07, 6.45) is 6.39. The van der Waals surface area contributed by atoms with Gasteiger partial charge in [0.15, 0.2) is 11.5 Å². The molecule has 1 aromatic heterocycles. The normalized spacial score (nSPS) is 18.4. The molecule has 0 aliphatic carbocycles. The fourth-order valence-electron chi connectivity index (χ4n) is 3.84. The Kier molecular flexibility index (Phi) is 6.14. The van der Waals surface area contributed by atoms with E-state index in [0.717, 1.165) is 35.8 Å². The Balaban J connectivity index is 1.23. The number of fused-ring (bicyclic) bond motifs is 1. The zero-order valence-corrected chi connectivity index (χ0v) is 16.8. The van der Waals surface area contributed by atoms with Crippen LogP contribution in [-0.2, 0) is 6.54 Å². The maximum atomic E-state index is 12.4. The van der Waals surface area contributed by atoms with Gasteiger partial charge in [-0.25, -0.2) is 4.98 Å². The molecule has 1 saturated heterocycles. The van der Waals surface area contributed by atoms with Gasteiger partial charge in [-0.05, 0) is 62.7 Å². The largest absolute Gasteiger partial charge is 0.454 e. The summed E-state index contributed by atoms with van der Waals surface area (Å²) in [6, 6.07) is 10.1. The van der Waals surface area contributed by atoms with Gasteiger partial charge in [0.05, 0.1) is 5.56 Å². The van der Waals surface area contributed by atoms with Gasteiger partial charge in [0, 0.05) is 25.3 Å². The molecule has 3 heterocycles. The van der Waals surface area contributed by atoms with E-state index >= 15 is 0 Å². The number of hydrogen-bond acceptors (Lipinski definition) is 6. The number of nitrogens with one attached hydrogen (secondary N) is 2. The number of piperidine rings is 1. The number of amides is 1. The number of hydrogen-bond donors (Lipinski definition) is 2. The van der Waals surface area contributed by atoms with Gasteiger partial charge < -0.3 is 25.0 Å². The van der Waals surface area contributed by atoms with Crippen LogP contribution in [-0.4, -0.2) is 48.8 Å². The topological polar surface area (TPSA) is 75.7 Å². The molecule has 1 amide bonds. The van der Waals surface area contributed by atoms with Crippen LogP contribution in [0.25, 0.3) is 0 Å². The van der Waals surface area contributed by atoms with Crippen LogP contribution in [0.1, 0.15) is 41.6 Å². The molecule has 2 aliphatic rings. The van der Waals surface area contributed by atoms with E-state index in [1.54, 1.807) is 12.3 Å². The summed E-state index contributed by atoms with van der Waals surface area (Å²) in [7, 11) is 2.17. The van der Waals surface area contributed by atoms with E-state index in [1.165, 1.54) is 19.3 Å². The number of benzene rings is 1. The lowest BCUT2D eigenvalue weighted by atomic mass is 10.0. The van der Waals surface area contributed by atoms with Crippen molar-refractivity contribution in [2.24, 2.45) is 0 Å². The van der Waals surface area contributed by atoms with E-state index in [0.29, 0.717) is 24.7 Å². The fourth-order valence-corrected chi connectivity index (χ4v) is 3.84. The number of ether oxygens (including phenoxy) is 2. The number of pyridine rings is 1. The molecule has 2 aromatic rings. The maximum Gasteiger partial charge on any atom is 0.252 e. The predicted molar refractivity (Wildman–Crippen MR) is 111 cm³/mol. The van der Waals surface area contributed by atoms with Crippen LogP contribution < -0.4 is 20.1 Å². The van der Waals surface area contributed by atoms with Crippen molar-refractivity contribution in [2.75, 3.05) is 32.2 Å². The Labute approximate surface area is 171 Å². The van der Waals surface area contributed by atoms with Crippen LogP contribution >= 0.6 is 0 Å². The molecule has 2 aliphatic heterocycles. The third-order valence-electron chi connectivity index (χ3n) is 5.62. The minimum atomic E-state index is -0.0710. The van der Waals surface area contributed by atoms with Crippen LogP contribution in [0, 0.1) is 0 Å². The van der Waals surface area contributed by atoms with Crippen molar-refractivity contribution < 1.29 is 14.3 Å². The summed E-state index contributed by atoms with van der Waals surface area (Å²) in [4.78, 5) is 19.1. The standard InChI is InChI=1S/C22H28N4O3/c1-26-11-3-2-4-18(26)9-10-23-22(27)17-6-8-21(25-14-17)24-13-16-5-7-19-20(12-16)29-15-28-19/h5-8,12,14,18H,2-4,9-11,13,15H2,1H3,(H,23,27)(H,24,25). The van der Waals surface area contributed by atoms with Gasteiger partial charge in [-0.15, -0.1) is 0 Å². The number of nitrogens with zero attached hydrogens (tertiary/aromatic N) is 2. The highest BCUT2D eigenvalue weighted by Gasteiger charge is 2.18. The van der Waals surface area contributed by atoms with Crippen LogP contribution in [0.3, 0.4) is 0 Å². The second-order valence-electron chi connectivity index (χ2n) is 7.65. The first-order chi connectivity index (χ1) is 14.2. The fraction of sp³-hybridized carbons (Fsp3) is 0.455. The molecular weight excluding hydrogens is 368 g/mol. The molecule has 7 nitrogen and oxygen atoms in total. The summed E-state index contributed by atoms with van der Waals surface area (Å²) in [6.45, 7) is 2.74. The average Bonchev–Trinajstić information content (AvgIpc) is 3.22. The number of likely N-dealkylation sites (tertiary alicyclic amines) is 1. The SMILES string of the molecule is CN1CCCCC1CCNC(=O)c1ccc(NCc2ccc3c(c2)OCO3)nc1. The minimum absolute atomic E-state index is 0.0710. The van der Waals surface area contributed by atoms with Gasteiger partial charge in [0.2, 0.25) is 6.79 Å². The highest BCUT2D eigenvalue weighted by atomic mass is 16.7.